The average Bonchev–Trinajstić information content (AvgIpc) is 2.79. The lowest BCUT2D eigenvalue weighted by Gasteiger charge is -2.34. The van der Waals surface area contributed by atoms with Crippen LogP contribution < -0.4 is 15.0 Å². The highest BCUT2D eigenvalue weighted by molar-refractivity contribution is 7.89. The molecule has 0 saturated carbocycles. The monoisotopic (exact) mass is 492 g/mol. The van der Waals surface area contributed by atoms with Crippen LogP contribution in [-0.2, 0) is 14.8 Å². The Morgan fingerprint density at radius 1 is 1.12 bits per heavy atom. The van der Waals surface area contributed by atoms with Crippen LogP contribution in [0, 0.1) is 0 Å². The molecule has 1 saturated heterocycles. The maximum absolute atomic E-state index is 13.3. The van der Waals surface area contributed by atoms with Gasteiger partial charge in [-0.15, -0.1) is 0 Å². The summed E-state index contributed by atoms with van der Waals surface area (Å²) in [5.41, 5.74) is 1.88. The Hall–Kier alpha value is -2.82. The van der Waals surface area contributed by atoms with Gasteiger partial charge in [0.25, 0.3) is 11.8 Å². The molecule has 1 fully saturated rings. The topological polar surface area (TPSA) is 99.3 Å². The molecule has 2 aromatic rings. The van der Waals surface area contributed by atoms with Gasteiger partial charge in [0, 0.05) is 57.6 Å². The number of hydrogen-bond acceptors (Lipinski definition) is 6. The predicted molar refractivity (Wildman–Crippen MR) is 126 cm³/mol. The molecule has 2 aliphatic heterocycles. The summed E-state index contributed by atoms with van der Waals surface area (Å²) in [6.45, 7) is 2.39. The second-order valence-corrected chi connectivity index (χ2v) is 10.5. The lowest BCUT2D eigenvalue weighted by atomic mass is 10.1. The third-order valence-electron chi connectivity index (χ3n) is 5.74. The molecule has 2 aromatic carbocycles. The molecule has 0 aliphatic carbocycles. The van der Waals surface area contributed by atoms with Gasteiger partial charge in [-0.1, -0.05) is 11.6 Å². The Morgan fingerprint density at radius 2 is 1.76 bits per heavy atom. The number of benzene rings is 2. The summed E-state index contributed by atoms with van der Waals surface area (Å²) in [5.74, 6) is -0.214. The van der Waals surface area contributed by atoms with E-state index in [9.17, 15) is 18.0 Å². The van der Waals surface area contributed by atoms with Crippen LogP contribution in [0.1, 0.15) is 17.3 Å². The van der Waals surface area contributed by atoms with E-state index in [1.165, 1.54) is 16.4 Å². The Kier molecular flexibility index (Phi) is 6.26. The number of carbonyl (C=O) groups excluding carboxylic acids is 2. The van der Waals surface area contributed by atoms with Crippen LogP contribution in [0.25, 0.3) is 0 Å². The van der Waals surface area contributed by atoms with Crippen LogP contribution in [-0.4, -0.2) is 75.8 Å². The molecule has 2 aliphatic rings. The van der Waals surface area contributed by atoms with E-state index >= 15 is 0 Å². The quantitative estimate of drug-likeness (QED) is 0.703. The van der Waals surface area contributed by atoms with Crippen LogP contribution >= 0.6 is 11.6 Å². The van der Waals surface area contributed by atoms with Gasteiger partial charge in [0.1, 0.15) is 10.6 Å². The van der Waals surface area contributed by atoms with Gasteiger partial charge in [-0.25, -0.2) is 8.42 Å². The molecule has 0 radical (unpaired) electrons. The van der Waals surface area contributed by atoms with Crippen molar-refractivity contribution in [1.29, 1.82) is 0 Å². The molecule has 9 nitrogen and oxygen atoms in total. The normalized spacial score (nSPS) is 18.8. The third kappa shape index (κ3) is 4.50. The van der Waals surface area contributed by atoms with Gasteiger partial charge >= 0.3 is 0 Å². The first-order valence-corrected chi connectivity index (χ1v) is 12.3. The van der Waals surface area contributed by atoms with Crippen LogP contribution in [0.5, 0.6) is 5.75 Å². The Balaban J connectivity index is 1.48. The van der Waals surface area contributed by atoms with Crippen LogP contribution in [0.15, 0.2) is 41.3 Å². The zero-order chi connectivity index (χ0) is 23.9. The molecule has 1 unspecified atom stereocenters. The first-order valence-electron chi connectivity index (χ1n) is 10.5. The van der Waals surface area contributed by atoms with Crippen LogP contribution in [0.4, 0.5) is 11.4 Å². The standard InChI is InChI=1S/C22H25ClN4O5S/c1-14-21(28)24-18-12-17(23)20(13-19(18)32-14)33(30,31)27-10-8-26(9-11-27)22(29)15-4-6-16(7-5-15)25(2)3/h4-7,12-14H,8-11H2,1-3H3,(H,24,28). The van der Waals surface area contributed by atoms with E-state index in [1.807, 2.05) is 31.1 Å². The van der Waals surface area contributed by atoms with Gasteiger partial charge in [0.2, 0.25) is 10.0 Å². The second kappa shape index (κ2) is 8.85. The van der Waals surface area contributed by atoms with Crippen molar-refractivity contribution < 1.29 is 22.7 Å². The van der Waals surface area contributed by atoms with Crippen molar-refractivity contribution in [2.75, 3.05) is 50.5 Å². The number of hydrogen-bond donors (Lipinski definition) is 1. The lowest BCUT2D eigenvalue weighted by Crippen LogP contribution is -2.50. The van der Waals surface area contributed by atoms with Crippen molar-refractivity contribution in [3.63, 3.8) is 0 Å². The highest BCUT2D eigenvalue weighted by Crippen LogP contribution is 2.38. The zero-order valence-electron chi connectivity index (χ0n) is 18.5. The summed E-state index contributed by atoms with van der Waals surface area (Å²) >= 11 is 6.26. The SMILES string of the molecule is CC1Oc2cc(S(=O)(=O)N3CCN(C(=O)c4ccc(N(C)C)cc4)CC3)c(Cl)cc2NC1=O. The Bertz CT molecular complexity index is 1190. The number of nitrogens with zero attached hydrogens (tertiary/aromatic N) is 3. The minimum Gasteiger partial charge on any atom is -0.479 e. The van der Waals surface area contributed by atoms with Gasteiger partial charge in [-0.05, 0) is 37.3 Å². The van der Waals surface area contributed by atoms with Crippen LogP contribution in [0.2, 0.25) is 5.02 Å². The van der Waals surface area contributed by atoms with E-state index in [0.717, 1.165) is 5.69 Å². The number of rotatable bonds is 4. The lowest BCUT2D eigenvalue weighted by molar-refractivity contribution is -0.122. The zero-order valence-corrected chi connectivity index (χ0v) is 20.1. The molecule has 0 bridgehead atoms. The number of ether oxygens (including phenoxy) is 1. The molecule has 176 valence electrons. The summed E-state index contributed by atoms with van der Waals surface area (Å²) in [7, 11) is -0.0716. The molecule has 2 amide bonds. The van der Waals surface area contributed by atoms with E-state index in [4.69, 9.17) is 16.3 Å². The molecule has 2 heterocycles. The fourth-order valence-electron chi connectivity index (χ4n) is 3.76. The van der Waals surface area contributed by atoms with Crippen molar-refractivity contribution in [3.05, 3.63) is 47.0 Å². The van der Waals surface area contributed by atoms with Crippen molar-refractivity contribution in [3.8, 4) is 5.75 Å². The van der Waals surface area contributed by atoms with Gasteiger partial charge in [-0.3, -0.25) is 9.59 Å². The van der Waals surface area contributed by atoms with E-state index in [2.05, 4.69) is 5.32 Å². The fraction of sp³-hybridized carbons (Fsp3) is 0.364. The molecule has 1 N–H and O–H groups in total. The molecular formula is C22H25ClN4O5S. The molecule has 4 rings (SSSR count). The maximum atomic E-state index is 13.3. The molecule has 0 spiro atoms. The summed E-state index contributed by atoms with van der Waals surface area (Å²) < 4.78 is 33.4. The Labute approximate surface area is 197 Å². The number of anilines is 2. The number of piperazine rings is 1. The first kappa shape index (κ1) is 23.3. The summed E-state index contributed by atoms with van der Waals surface area (Å²) in [6.07, 6.45) is -0.740. The van der Waals surface area contributed by atoms with E-state index in [1.54, 1.807) is 24.0 Å². The predicted octanol–water partition coefficient (Wildman–Crippen LogP) is 2.27. The summed E-state index contributed by atoms with van der Waals surface area (Å²) in [6, 6.07) is 10.0. The molecule has 1 atom stereocenters. The van der Waals surface area contributed by atoms with Gasteiger partial charge in [0.05, 0.1) is 10.7 Å². The van der Waals surface area contributed by atoms with E-state index in [0.29, 0.717) is 11.3 Å². The van der Waals surface area contributed by atoms with Crippen molar-refractivity contribution in [2.24, 2.45) is 0 Å². The maximum Gasteiger partial charge on any atom is 0.265 e. The van der Waals surface area contributed by atoms with Crippen LogP contribution in [0.3, 0.4) is 0 Å². The number of nitrogens with one attached hydrogen (secondary N) is 1. The highest BCUT2D eigenvalue weighted by atomic mass is 35.5. The van der Waals surface area contributed by atoms with Gasteiger partial charge in [0.15, 0.2) is 6.10 Å². The minimum absolute atomic E-state index is 0.00769. The number of sulfonamides is 1. The number of amides is 2. The number of halogens is 1. The highest BCUT2D eigenvalue weighted by Gasteiger charge is 2.34. The molecule has 11 heteroatoms. The second-order valence-electron chi connectivity index (χ2n) is 8.17. The average molecular weight is 493 g/mol. The minimum atomic E-state index is -3.92. The van der Waals surface area contributed by atoms with Crippen molar-refractivity contribution in [1.82, 2.24) is 9.21 Å². The smallest absolute Gasteiger partial charge is 0.265 e. The molecule has 33 heavy (non-hydrogen) atoms. The summed E-state index contributed by atoms with van der Waals surface area (Å²) in [4.78, 5) is 28.1. The van der Waals surface area contributed by atoms with Crippen molar-refractivity contribution in [2.45, 2.75) is 17.9 Å². The van der Waals surface area contributed by atoms with Gasteiger partial charge < -0.3 is 19.9 Å². The Morgan fingerprint density at radius 3 is 2.36 bits per heavy atom. The van der Waals surface area contributed by atoms with E-state index in [-0.39, 0.29) is 53.7 Å². The number of fused-ring (bicyclic) bond motifs is 1. The first-order chi connectivity index (χ1) is 15.6. The summed E-state index contributed by atoms with van der Waals surface area (Å²) in [5, 5.41) is 2.64. The molecular weight excluding hydrogens is 468 g/mol. The van der Waals surface area contributed by atoms with E-state index < -0.39 is 16.1 Å². The fourth-order valence-corrected chi connectivity index (χ4v) is 5.70. The number of carbonyl (C=O) groups is 2. The van der Waals surface area contributed by atoms with Crippen molar-refractivity contribution >= 4 is 44.8 Å². The molecule has 0 aromatic heterocycles. The van der Waals surface area contributed by atoms with Gasteiger partial charge in [-0.2, -0.15) is 4.31 Å². The largest absolute Gasteiger partial charge is 0.479 e. The third-order valence-corrected chi connectivity index (χ3v) is 8.10.